The quantitative estimate of drug-likeness (QED) is 0.669. The number of nitrogens with one attached hydrogen (secondary N) is 2. The van der Waals surface area contributed by atoms with Crippen LogP contribution in [0.2, 0.25) is 0 Å². The zero-order chi connectivity index (χ0) is 21.7. The Morgan fingerprint density at radius 2 is 1.90 bits per heavy atom. The fourth-order valence-electron chi connectivity index (χ4n) is 2.63. The van der Waals surface area contributed by atoms with E-state index in [-0.39, 0.29) is 35.4 Å². The number of amides is 2. The van der Waals surface area contributed by atoms with Crippen LogP contribution in [0, 0.1) is 19.7 Å². The molecule has 9 heteroatoms. The topological polar surface area (TPSA) is 87.7 Å². The molecular formula is C20H24FN3O4S. The standard InChI is InChI=1S/C20H24FN3O4S/c1-6-28-20(27)16-12(3)17(19(26)24(4)5)29-18(16)23-15(25)10-22-14-8-7-13(21)9-11(14)2/h7-9,22H,6,10H2,1-5H3,(H,23,25). The lowest BCUT2D eigenvalue weighted by Crippen LogP contribution is -2.23. The fourth-order valence-corrected chi connectivity index (χ4v) is 3.86. The first kappa shape index (κ1) is 22.4. The van der Waals surface area contributed by atoms with Gasteiger partial charge in [0.15, 0.2) is 0 Å². The number of thiophene rings is 1. The molecule has 0 spiro atoms. The van der Waals surface area contributed by atoms with E-state index >= 15 is 0 Å². The number of benzene rings is 1. The van der Waals surface area contributed by atoms with Crippen LogP contribution in [0.3, 0.4) is 0 Å². The second-order valence-corrected chi connectivity index (χ2v) is 7.56. The maximum atomic E-state index is 13.2. The Morgan fingerprint density at radius 1 is 1.21 bits per heavy atom. The van der Waals surface area contributed by atoms with E-state index in [1.165, 1.54) is 17.0 Å². The molecule has 2 N–H and O–H groups in total. The summed E-state index contributed by atoms with van der Waals surface area (Å²) in [5.74, 6) is -1.64. The number of rotatable bonds is 7. The normalized spacial score (nSPS) is 10.4. The summed E-state index contributed by atoms with van der Waals surface area (Å²) in [7, 11) is 3.22. The van der Waals surface area contributed by atoms with Gasteiger partial charge in [-0.1, -0.05) is 0 Å². The molecule has 156 valence electrons. The monoisotopic (exact) mass is 421 g/mol. The molecule has 2 rings (SSSR count). The molecule has 0 bridgehead atoms. The number of hydrogen-bond acceptors (Lipinski definition) is 6. The smallest absolute Gasteiger partial charge is 0.341 e. The first-order valence-electron chi connectivity index (χ1n) is 8.97. The van der Waals surface area contributed by atoms with Gasteiger partial charge >= 0.3 is 5.97 Å². The van der Waals surface area contributed by atoms with E-state index in [9.17, 15) is 18.8 Å². The molecule has 2 aromatic rings. The Kier molecular flexibility index (Phi) is 7.33. The molecule has 0 fully saturated rings. The van der Waals surface area contributed by atoms with Gasteiger partial charge in [-0.05, 0) is 50.1 Å². The van der Waals surface area contributed by atoms with Crippen LogP contribution in [0.5, 0.6) is 0 Å². The highest BCUT2D eigenvalue weighted by Crippen LogP contribution is 2.34. The van der Waals surface area contributed by atoms with Gasteiger partial charge in [0.1, 0.15) is 10.8 Å². The Hall–Kier alpha value is -2.94. The molecule has 0 saturated heterocycles. The van der Waals surface area contributed by atoms with Crippen molar-refractivity contribution in [2.45, 2.75) is 20.8 Å². The lowest BCUT2D eigenvalue weighted by Gasteiger charge is -2.10. The minimum Gasteiger partial charge on any atom is -0.462 e. The van der Waals surface area contributed by atoms with Crippen LogP contribution in [-0.4, -0.2) is 49.9 Å². The highest BCUT2D eigenvalue weighted by molar-refractivity contribution is 7.18. The molecule has 0 aliphatic carbocycles. The SMILES string of the molecule is CCOC(=O)c1c(NC(=O)CNc2ccc(F)cc2C)sc(C(=O)N(C)C)c1C. The van der Waals surface area contributed by atoms with E-state index in [0.29, 0.717) is 21.7 Å². The summed E-state index contributed by atoms with van der Waals surface area (Å²) in [5.41, 5.74) is 1.92. The number of anilines is 2. The van der Waals surface area contributed by atoms with Gasteiger partial charge in [-0.15, -0.1) is 11.3 Å². The third-order valence-corrected chi connectivity index (χ3v) is 5.30. The van der Waals surface area contributed by atoms with Crippen molar-refractivity contribution in [3.05, 3.63) is 45.6 Å². The number of nitrogens with zero attached hydrogens (tertiary/aromatic N) is 1. The van der Waals surface area contributed by atoms with Gasteiger partial charge in [0.2, 0.25) is 5.91 Å². The Morgan fingerprint density at radius 3 is 2.48 bits per heavy atom. The lowest BCUT2D eigenvalue weighted by molar-refractivity contribution is -0.114. The summed E-state index contributed by atoms with van der Waals surface area (Å²) in [6.45, 7) is 5.13. The molecule has 1 aromatic carbocycles. The van der Waals surface area contributed by atoms with E-state index in [0.717, 1.165) is 11.3 Å². The molecule has 0 aliphatic heterocycles. The third kappa shape index (κ3) is 5.32. The highest BCUT2D eigenvalue weighted by Gasteiger charge is 2.27. The molecular weight excluding hydrogens is 397 g/mol. The molecule has 0 atom stereocenters. The predicted molar refractivity (Wildman–Crippen MR) is 111 cm³/mol. The van der Waals surface area contributed by atoms with Gasteiger partial charge in [-0.2, -0.15) is 0 Å². The number of hydrogen-bond donors (Lipinski definition) is 2. The zero-order valence-corrected chi connectivity index (χ0v) is 17.8. The lowest BCUT2D eigenvalue weighted by atomic mass is 10.1. The average molecular weight is 421 g/mol. The van der Waals surface area contributed by atoms with Crippen molar-refractivity contribution in [2.24, 2.45) is 0 Å². The Labute approximate surface area is 172 Å². The van der Waals surface area contributed by atoms with E-state index < -0.39 is 11.9 Å². The molecule has 29 heavy (non-hydrogen) atoms. The number of aryl methyl sites for hydroxylation is 1. The number of halogens is 1. The van der Waals surface area contributed by atoms with Crippen LogP contribution in [-0.2, 0) is 9.53 Å². The summed E-state index contributed by atoms with van der Waals surface area (Å²) >= 11 is 1.03. The van der Waals surface area contributed by atoms with Gasteiger partial charge in [0.05, 0.1) is 23.6 Å². The van der Waals surface area contributed by atoms with Crippen molar-refractivity contribution in [3.63, 3.8) is 0 Å². The van der Waals surface area contributed by atoms with Crippen molar-refractivity contribution < 1.29 is 23.5 Å². The van der Waals surface area contributed by atoms with Crippen LogP contribution >= 0.6 is 11.3 Å². The summed E-state index contributed by atoms with van der Waals surface area (Å²) < 4.78 is 18.3. The maximum Gasteiger partial charge on any atom is 0.341 e. The molecule has 0 radical (unpaired) electrons. The van der Waals surface area contributed by atoms with Crippen LogP contribution in [0.4, 0.5) is 15.1 Å². The molecule has 7 nitrogen and oxygen atoms in total. The van der Waals surface area contributed by atoms with Crippen molar-refractivity contribution in [1.29, 1.82) is 0 Å². The number of esters is 1. The van der Waals surface area contributed by atoms with Gasteiger partial charge in [0.25, 0.3) is 5.91 Å². The maximum absolute atomic E-state index is 13.2. The van der Waals surface area contributed by atoms with Crippen LogP contribution in [0.25, 0.3) is 0 Å². The van der Waals surface area contributed by atoms with Crippen LogP contribution < -0.4 is 10.6 Å². The fraction of sp³-hybridized carbons (Fsp3) is 0.350. The van der Waals surface area contributed by atoms with Gasteiger partial charge in [-0.25, -0.2) is 9.18 Å². The van der Waals surface area contributed by atoms with Crippen LogP contribution in [0.15, 0.2) is 18.2 Å². The molecule has 1 heterocycles. The predicted octanol–water partition coefficient (Wildman–Crippen LogP) is 3.43. The first-order chi connectivity index (χ1) is 13.6. The van der Waals surface area contributed by atoms with Gasteiger partial charge in [-0.3, -0.25) is 9.59 Å². The van der Waals surface area contributed by atoms with E-state index in [1.807, 2.05) is 0 Å². The van der Waals surface area contributed by atoms with Crippen molar-refractivity contribution in [3.8, 4) is 0 Å². The molecule has 0 saturated carbocycles. The first-order valence-corrected chi connectivity index (χ1v) is 9.79. The van der Waals surface area contributed by atoms with Gasteiger partial charge < -0.3 is 20.3 Å². The third-order valence-electron chi connectivity index (χ3n) is 4.11. The summed E-state index contributed by atoms with van der Waals surface area (Å²) in [6.07, 6.45) is 0. The second kappa shape index (κ2) is 9.51. The zero-order valence-electron chi connectivity index (χ0n) is 17.0. The summed E-state index contributed by atoms with van der Waals surface area (Å²) in [4.78, 5) is 39.0. The van der Waals surface area contributed by atoms with E-state index in [4.69, 9.17) is 4.74 Å². The minimum absolute atomic E-state index is 0.0946. The molecule has 0 unspecified atom stereocenters. The largest absolute Gasteiger partial charge is 0.462 e. The van der Waals surface area contributed by atoms with Crippen LogP contribution in [0.1, 0.15) is 38.1 Å². The summed E-state index contributed by atoms with van der Waals surface area (Å²) in [5, 5.41) is 5.87. The minimum atomic E-state index is -0.600. The second-order valence-electron chi connectivity index (χ2n) is 6.54. The van der Waals surface area contributed by atoms with Crippen molar-refractivity contribution in [2.75, 3.05) is 37.9 Å². The highest BCUT2D eigenvalue weighted by atomic mass is 32.1. The van der Waals surface area contributed by atoms with Crippen molar-refractivity contribution >= 4 is 39.8 Å². The number of ether oxygens (including phenoxy) is 1. The number of carbonyl (C=O) groups excluding carboxylic acids is 3. The van der Waals surface area contributed by atoms with E-state index in [1.54, 1.807) is 40.9 Å². The van der Waals surface area contributed by atoms with E-state index in [2.05, 4.69) is 10.6 Å². The molecule has 0 aliphatic rings. The Balaban J connectivity index is 2.23. The molecule has 1 aromatic heterocycles. The number of carbonyl (C=O) groups is 3. The Bertz CT molecular complexity index is 940. The molecule has 2 amide bonds. The average Bonchev–Trinajstić information content (AvgIpc) is 2.96. The van der Waals surface area contributed by atoms with Gasteiger partial charge in [0, 0.05) is 19.8 Å². The summed E-state index contributed by atoms with van der Waals surface area (Å²) in [6, 6.07) is 4.21. The van der Waals surface area contributed by atoms with Crippen molar-refractivity contribution in [1.82, 2.24) is 4.90 Å².